The number of aromatic nitrogens is 2. The molecule has 0 spiro atoms. The normalized spacial score (nSPS) is 11.8. The molecule has 154 valence electrons. The Labute approximate surface area is 176 Å². The minimum Gasteiger partial charge on any atom is -0.496 e. The third-order valence-electron chi connectivity index (χ3n) is 5.16. The molecule has 0 saturated carbocycles. The van der Waals surface area contributed by atoms with Gasteiger partial charge < -0.3 is 18.9 Å². The molecule has 0 aliphatic rings. The zero-order chi connectivity index (χ0) is 21.1. The van der Waals surface area contributed by atoms with Crippen LogP contribution in [0.1, 0.15) is 5.56 Å². The summed E-state index contributed by atoms with van der Waals surface area (Å²) >= 11 is 0. The summed E-state index contributed by atoms with van der Waals surface area (Å²) in [5.41, 5.74) is 2.98. The van der Waals surface area contributed by atoms with Gasteiger partial charge in [0, 0.05) is 35.6 Å². The van der Waals surface area contributed by atoms with Crippen LogP contribution in [0.4, 0.5) is 5.95 Å². The number of ether oxygens (including phenoxy) is 2. The largest absolute Gasteiger partial charge is 0.496 e. The first-order valence-electron chi connectivity index (χ1n) is 9.90. The predicted molar refractivity (Wildman–Crippen MR) is 123 cm³/mol. The molecule has 30 heavy (non-hydrogen) atoms. The molecule has 0 radical (unpaired) electrons. The number of fused-ring (bicyclic) bond motifs is 2. The van der Waals surface area contributed by atoms with Gasteiger partial charge in [-0.1, -0.05) is 24.3 Å². The van der Waals surface area contributed by atoms with Crippen molar-refractivity contribution < 1.29 is 9.47 Å². The van der Waals surface area contributed by atoms with Gasteiger partial charge in [0.15, 0.2) is 0 Å². The van der Waals surface area contributed by atoms with Crippen molar-refractivity contribution >= 4 is 34.0 Å². The maximum atomic E-state index is 5.61. The highest BCUT2D eigenvalue weighted by Crippen LogP contribution is 2.34. The van der Waals surface area contributed by atoms with Crippen LogP contribution in [0.25, 0.3) is 21.8 Å². The first-order chi connectivity index (χ1) is 14.6. The monoisotopic (exact) mass is 402 g/mol. The van der Waals surface area contributed by atoms with Gasteiger partial charge in [-0.05, 0) is 44.4 Å². The second-order valence-electron chi connectivity index (χ2n) is 7.35. The molecule has 0 aliphatic carbocycles. The van der Waals surface area contributed by atoms with Crippen LogP contribution in [0.5, 0.6) is 11.5 Å². The second-order valence-corrected chi connectivity index (χ2v) is 7.35. The molecule has 0 unspecified atom stereocenters. The Morgan fingerprint density at radius 3 is 2.53 bits per heavy atom. The molecule has 4 rings (SSSR count). The van der Waals surface area contributed by atoms with Gasteiger partial charge in [-0.25, -0.2) is 9.98 Å². The minimum absolute atomic E-state index is 0.692. The van der Waals surface area contributed by atoms with Crippen LogP contribution in [0.15, 0.2) is 59.6 Å². The number of benzene rings is 3. The van der Waals surface area contributed by atoms with Crippen LogP contribution >= 0.6 is 0 Å². The third kappa shape index (κ3) is 3.74. The van der Waals surface area contributed by atoms with E-state index in [-0.39, 0.29) is 0 Å². The molecule has 4 aromatic rings. The number of para-hydroxylation sites is 2. The predicted octanol–water partition coefficient (Wildman–Crippen LogP) is 4.52. The van der Waals surface area contributed by atoms with Crippen LogP contribution in [-0.2, 0) is 6.54 Å². The Morgan fingerprint density at radius 2 is 1.77 bits per heavy atom. The van der Waals surface area contributed by atoms with Crippen molar-refractivity contribution in [3.63, 3.8) is 0 Å². The highest BCUT2D eigenvalue weighted by atomic mass is 16.5. The quantitative estimate of drug-likeness (QED) is 0.427. The molecule has 0 bridgehead atoms. The van der Waals surface area contributed by atoms with E-state index in [9.17, 15) is 0 Å². The van der Waals surface area contributed by atoms with Crippen LogP contribution in [-0.4, -0.2) is 55.5 Å². The summed E-state index contributed by atoms with van der Waals surface area (Å²) in [6, 6.07) is 18.0. The Balaban J connectivity index is 1.82. The van der Waals surface area contributed by atoms with Crippen molar-refractivity contribution in [3.8, 4) is 11.5 Å². The van der Waals surface area contributed by atoms with Crippen LogP contribution in [0.3, 0.4) is 0 Å². The van der Waals surface area contributed by atoms with E-state index >= 15 is 0 Å². The molecule has 0 N–H and O–H groups in total. The Kier molecular flexibility index (Phi) is 5.68. The number of hydrogen-bond donors (Lipinski definition) is 0. The molecule has 6 nitrogen and oxygen atoms in total. The summed E-state index contributed by atoms with van der Waals surface area (Å²) in [4.78, 5) is 11.7. The van der Waals surface area contributed by atoms with E-state index < -0.39 is 0 Å². The molecule has 0 atom stereocenters. The van der Waals surface area contributed by atoms with Crippen molar-refractivity contribution in [2.75, 3.05) is 34.9 Å². The number of likely N-dealkylation sites (N-methyl/N-ethyl adjacent to an activating group) is 1. The molecule has 1 aromatic heterocycles. The zero-order valence-corrected chi connectivity index (χ0v) is 17.8. The van der Waals surface area contributed by atoms with E-state index in [1.807, 2.05) is 54.7 Å². The minimum atomic E-state index is 0.692. The maximum Gasteiger partial charge on any atom is 0.230 e. The van der Waals surface area contributed by atoms with Crippen molar-refractivity contribution in [1.82, 2.24) is 14.5 Å². The fourth-order valence-corrected chi connectivity index (χ4v) is 3.64. The first-order valence-corrected chi connectivity index (χ1v) is 9.90. The summed E-state index contributed by atoms with van der Waals surface area (Å²) in [5.74, 6) is 2.28. The van der Waals surface area contributed by atoms with Crippen molar-refractivity contribution in [2.24, 2.45) is 4.99 Å². The Morgan fingerprint density at radius 1 is 0.967 bits per heavy atom. The Bertz CT molecular complexity index is 1210. The lowest BCUT2D eigenvalue weighted by Gasteiger charge is -2.12. The van der Waals surface area contributed by atoms with E-state index in [0.29, 0.717) is 5.95 Å². The number of imidazole rings is 1. The average molecular weight is 402 g/mol. The SMILES string of the molecule is COc1ccc(C=Nc2nc3ccccc3n2CCN(C)C)c2c(OC)cccc12. The van der Waals surface area contributed by atoms with Gasteiger partial charge in [0.05, 0.1) is 25.3 Å². The van der Waals surface area contributed by atoms with Gasteiger partial charge in [-0.2, -0.15) is 0 Å². The summed E-state index contributed by atoms with van der Waals surface area (Å²) in [6.45, 7) is 1.72. The molecule has 6 heteroatoms. The molecule has 0 aliphatic heterocycles. The molecule has 1 heterocycles. The molecule has 0 amide bonds. The van der Waals surface area contributed by atoms with Crippen molar-refractivity contribution in [2.45, 2.75) is 6.54 Å². The smallest absolute Gasteiger partial charge is 0.230 e. The van der Waals surface area contributed by atoms with Crippen LogP contribution < -0.4 is 9.47 Å². The lowest BCUT2D eigenvalue weighted by Crippen LogP contribution is -2.18. The zero-order valence-electron chi connectivity index (χ0n) is 17.8. The fourth-order valence-electron chi connectivity index (χ4n) is 3.64. The molecule has 0 saturated heterocycles. The average Bonchev–Trinajstić information content (AvgIpc) is 3.12. The summed E-state index contributed by atoms with van der Waals surface area (Å²) in [5, 5.41) is 1.96. The highest BCUT2D eigenvalue weighted by Gasteiger charge is 2.12. The molecule has 0 fully saturated rings. The van der Waals surface area contributed by atoms with Gasteiger partial charge in [0.1, 0.15) is 11.5 Å². The first kappa shape index (κ1) is 19.9. The third-order valence-corrected chi connectivity index (χ3v) is 5.16. The van der Waals surface area contributed by atoms with E-state index in [0.717, 1.165) is 52.0 Å². The van der Waals surface area contributed by atoms with Gasteiger partial charge in [-0.3, -0.25) is 0 Å². The summed E-state index contributed by atoms with van der Waals surface area (Å²) < 4.78 is 13.3. The lowest BCUT2D eigenvalue weighted by atomic mass is 10.0. The maximum absolute atomic E-state index is 5.61. The topological polar surface area (TPSA) is 51.9 Å². The van der Waals surface area contributed by atoms with E-state index in [1.165, 1.54) is 0 Å². The van der Waals surface area contributed by atoms with Crippen LogP contribution in [0.2, 0.25) is 0 Å². The van der Waals surface area contributed by atoms with Gasteiger partial charge in [-0.15, -0.1) is 0 Å². The lowest BCUT2D eigenvalue weighted by molar-refractivity contribution is 0.387. The van der Waals surface area contributed by atoms with Crippen molar-refractivity contribution in [3.05, 3.63) is 60.2 Å². The standard InChI is InChI=1S/C24H26N4O2/c1-27(2)14-15-28-20-10-6-5-9-19(20)26-24(28)25-16-17-12-13-21(29-3)18-8-7-11-22(30-4)23(17)18/h5-13,16H,14-15H2,1-4H3. The van der Waals surface area contributed by atoms with E-state index in [4.69, 9.17) is 19.5 Å². The van der Waals surface area contributed by atoms with Crippen LogP contribution in [0, 0.1) is 0 Å². The molecular formula is C24H26N4O2. The molecule has 3 aromatic carbocycles. The summed E-state index contributed by atoms with van der Waals surface area (Å²) in [6.07, 6.45) is 1.86. The van der Waals surface area contributed by atoms with E-state index in [2.05, 4.69) is 29.6 Å². The Hall–Kier alpha value is -3.38. The van der Waals surface area contributed by atoms with Crippen molar-refractivity contribution in [1.29, 1.82) is 0 Å². The number of nitrogens with zero attached hydrogens (tertiary/aromatic N) is 4. The fraction of sp³-hybridized carbons (Fsp3) is 0.250. The number of rotatable bonds is 7. The van der Waals surface area contributed by atoms with Gasteiger partial charge >= 0.3 is 0 Å². The number of methoxy groups -OCH3 is 2. The molecular weight excluding hydrogens is 376 g/mol. The van der Waals surface area contributed by atoms with Gasteiger partial charge in [0.25, 0.3) is 0 Å². The number of hydrogen-bond acceptors (Lipinski definition) is 5. The van der Waals surface area contributed by atoms with Gasteiger partial charge in [0.2, 0.25) is 5.95 Å². The number of aliphatic imine (C=N–C) groups is 1. The second kappa shape index (κ2) is 8.55. The summed E-state index contributed by atoms with van der Waals surface area (Å²) in [7, 11) is 7.49. The highest BCUT2D eigenvalue weighted by molar-refractivity contribution is 6.06. The van der Waals surface area contributed by atoms with E-state index in [1.54, 1.807) is 14.2 Å².